The van der Waals surface area contributed by atoms with Crippen molar-refractivity contribution in [1.82, 2.24) is 44.9 Å². The highest BCUT2D eigenvalue weighted by molar-refractivity contribution is 7.70. The Hall–Kier alpha value is -6.40. The number of anilines is 3. The van der Waals surface area contributed by atoms with Gasteiger partial charge in [-0.05, 0) is 133 Å². The summed E-state index contributed by atoms with van der Waals surface area (Å²) in [6.07, 6.45) is 4.08. The summed E-state index contributed by atoms with van der Waals surface area (Å²) < 4.78 is 27.5. The maximum atomic E-state index is 12.1. The average molecular weight is 1070 g/mol. The predicted molar refractivity (Wildman–Crippen MR) is 290 cm³/mol. The largest absolute Gasteiger partial charge is 0.497 e. The molecule has 71 heavy (non-hydrogen) atoms. The zero-order valence-electron chi connectivity index (χ0n) is 39.0. The van der Waals surface area contributed by atoms with Crippen LogP contribution in [-0.2, 0) is 4.57 Å². The molecule has 0 fully saturated rings. The van der Waals surface area contributed by atoms with E-state index in [1.807, 2.05) is 84.9 Å². The lowest BCUT2D eigenvalue weighted by atomic mass is 9.80. The van der Waals surface area contributed by atoms with Crippen LogP contribution in [0.2, 0.25) is 15.9 Å². The second-order valence-electron chi connectivity index (χ2n) is 14.3. The third kappa shape index (κ3) is 20.5. The molecule has 0 bridgehead atoms. The van der Waals surface area contributed by atoms with Crippen LogP contribution in [0.1, 0.15) is 7.43 Å². The highest BCUT2D eigenvalue weighted by Gasteiger charge is 2.15. The number of halogens is 3. The maximum absolute atomic E-state index is 12.1. The van der Waals surface area contributed by atoms with Crippen LogP contribution in [0.3, 0.4) is 0 Å². The van der Waals surface area contributed by atoms with Crippen molar-refractivity contribution in [2.24, 2.45) is 0 Å². The van der Waals surface area contributed by atoms with Gasteiger partial charge in [0, 0.05) is 22.1 Å². The Morgan fingerprint density at radius 3 is 1.45 bits per heavy atom. The molecule has 0 amide bonds. The van der Waals surface area contributed by atoms with E-state index in [0.717, 1.165) is 27.8 Å². The van der Waals surface area contributed by atoms with E-state index in [9.17, 15) is 4.57 Å². The first kappa shape index (κ1) is 60.7. The van der Waals surface area contributed by atoms with Gasteiger partial charge >= 0.3 is 7.12 Å². The molecule has 3 aromatic heterocycles. The maximum Gasteiger partial charge on any atom is 0.492 e. The number of methoxy groups -OCH3 is 3. The normalized spacial score (nSPS) is 9.99. The summed E-state index contributed by atoms with van der Waals surface area (Å²) in [4.78, 5) is 35.1. The Kier molecular flexibility index (Phi) is 26.6. The van der Waals surface area contributed by atoms with Gasteiger partial charge < -0.3 is 45.4 Å². The lowest BCUT2D eigenvalue weighted by molar-refractivity contribution is 0.403. The first-order valence-corrected chi connectivity index (χ1v) is 26.2. The van der Waals surface area contributed by atoms with Crippen LogP contribution in [0.25, 0.3) is 22.8 Å². The van der Waals surface area contributed by atoms with Gasteiger partial charge in [-0.1, -0.05) is 69.9 Å². The molecule has 0 aliphatic carbocycles. The molecule has 18 nitrogen and oxygen atoms in total. The number of benzene rings is 5. The van der Waals surface area contributed by atoms with Gasteiger partial charge in [0.25, 0.3) is 0 Å². The van der Waals surface area contributed by atoms with Crippen LogP contribution in [0, 0.1) is 0 Å². The summed E-state index contributed by atoms with van der Waals surface area (Å²) in [6, 6.07) is 37.3. The summed E-state index contributed by atoms with van der Waals surface area (Å²) in [6.45, 7) is 7.98. The quantitative estimate of drug-likeness (QED) is 0.0579. The minimum atomic E-state index is -2.26. The molecule has 8 rings (SSSR count). The molecule has 0 aliphatic rings. The number of rotatable bonds is 10. The lowest BCUT2D eigenvalue weighted by Gasteiger charge is -2.10. The average Bonchev–Trinajstić information content (AvgIpc) is 3.35. The molecule has 374 valence electrons. The van der Waals surface area contributed by atoms with Crippen LogP contribution < -0.4 is 41.3 Å². The van der Waals surface area contributed by atoms with Crippen molar-refractivity contribution >= 4 is 90.4 Å². The Labute approximate surface area is 430 Å². The number of para-hydroxylation sites is 3. The lowest BCUT2D eigenvalue weighted by Crippen LogP contribution is -2.30. The Morgan fingerprint density at radius 2 is 1.03 bits per heavy atom. The van der Waals surface area contributed by atoms with E-state index in [-0.39, 0.29) is 36.7 Å². The van der Waals surface area contributed by atoms with E-state index < -0.39 is 14.3 Å². The molecule has 0 saturated heterocycles. The second-order valence-corrected chi connectivity index (χ2v) is 20.8. The molecule has 3 heterocycles. The molecule has 0 radical (unpaired) electrons. The third-order valence-electron chi connectivity index (χ3n) is 8.89. The van der Waals surface area contributed by atoms with E-state index in [2.05, 4.69) is 75.6 Å². The first-order valence-electron chi connectivity index (χ1n) is 20.3. The van der Waals surface area contributed by atoms with E-state index in [4.69, 9.17) is 64.8 Å². The molecular weight excluding hydrogens is 1010 g/mol. The molecular formula is C47H55BCl3N11O7P2. The Balaban J connectivity index is 0.000000323. The van der Waals surface area contributed by atoms with Gasteiger partial charge in [0.15, 0.2) is 11.6 Å². The van der Waals surface area contributed by atoms with Crippen molar-refractivity contribution in [3.63, 3.8) is 0 Å². The summed E-state index contributed by atoms with van der Waals surface area (Å²) in [5, 5.41) is 23.4. The molecule has 0 saturated carbocycles. The van der Waals surface area contributed by atoms with Crippen LogP contribution in [0.15, 0.2) is 140 Å². The fourth-order valence-electron chi connectivity index (χ4n) is 5.49. The van der Waals surface area contributed by atoms with Crippen molar-refractivity contribution in [1.29, 1.82) is 0 Å². The smallest absolute Gasteiger partial charge is 0.492 e. The van der Waals surface area contributed by atoms with Gasteiger partial charge in [0.2, 0.25) is 21.8 Å². The summed E-state index contributed by atoms with van der Waals surface area (Å²) in [5.41, 5.74) is 9.17. The fourth-order valence-corrected chi connectivity index (χ4v) is 7.52. The minimum absolute atomic E-state index is 0. The fraction of sp³-hybridized carbons (Fsp3) is 0.170. The highest BCUT2D eigenvalue weighted by Crippen LogP contribution is 2.35. The van der Waals surface area contributed by atoms with Gasteiger partial charge in [0.1, 0.15) is 43.4 Å². The Bertz CT molecular complexity index is 2860. The monoisotopic (exact) mass is 1060 g/mol. The van der Waals surface area contributed by atoms with Gasteiger partial charge in [-0.25, -0.2) is 29.9 Å². The molecule has 0 unspecified atom stereocenters. The molecule has 0 aliphatic heterocycles. The summed E-state index contributed by atoms with van der Waals surface area (Å²) >= 11 is 16.3. The first-order chi connectivity index (χ1) is 33.0. The number of aromatic nitrogens is 9. The van der Waals surface area contributed by atoms with Gasteiger partial charge in [0.05, 0.1) is 32.5 Å². The number of nitrogens with two attached hydrogens (primary N) is 1. The van der Waals surface area contributed by atoms with Gasteiger partial charge in [-0.15, -0.1) is 0 Å². The molecule has 8 aromatic rings. The van der Waals surface area contributed by atoms with Crippen molar-refractivity contribution in [2.45, 2.75) is 7.43 Å². The number of nitrogens with zero attached hydrogens (tertiary/aromatic N) is 9. The van der Waals surface area contributed by atoms with E-state index >= 15 is 0 Å². The Morgan fingerprint density at radius 1 is 0.592 bits per heavy atom. The van der Waals surface area contributed by atoms with Crippen LogP contribution in [-0.4, -0.2) is 115 Å². The van der Waals surface area contributed by atoms with Crippen molar-refractivity contribution in [2.75, 3.05) is 59.0 Å². The highest BCUT2D eigenvalue weighted by atomic mass is 35.5. The third-order valence-corrected chi connectivity index (χ3v) is 12.3. The molecule has 7 N–H and O–H groups in total. The molecule has 5 aromatic carbocycles. The number of ether oxygens (including phenoxy) is 3. The zero-order valence-corrected chi connectivity index (χ0v) is 43.1. The van der Waals surface area contributed by atoms with E-state index in [1.54, 1.807) is 51.8 Å². The topological polar surface area (TPSA) is 271 Å². The second kappa shape index (κ2) is 31.0. The van der Waals surface area contributed by atoms with E-state index in [0.29, 0.717) is 40.3 Å². The molecule has 24 heteroatoms. The van der Waals surface area contributed by atoms with Crippen molar-refractivity contribution in [3.8, 4) is 40.0 Å². The van der Waals surface area contributed by atoms with E-state index in [1.165, 1.54) is 31.4 Å². The SMILES string of the molecule is C.COc1ccccc1-c1ncnc(Cl)n1.COc1ccccc1-c1ncnc(Nc2ccc(P(C)(C)=O)cc2)n1.COc1ccccc1B(O)O.CP(C)c1ccc(N)cc1.Clc1ncnc(Cl)n1.O. The number of hydrogen-bond donors (Lipinski definition) is 4. The number of hydrogen-bond acceptors (Lipinski definition) is 17. The van der Waals surface area contributed by atoms with Crippen molar-refractivity contribution in [3.05, 3.63) is 156 Å². The van der Waals surface area contributed by atoms with Gasteiger partial charge in [-0.3, -0.25) is 0 Å². The van der Waals surface area contributed by atoms with Crippen LogP contribution in [0.4, 0.5) is 17.3 Å². The van der Waals surface area contributed by atoms with Gasteiger partial charge in [-0.2, -0.15) is 15.0 Å². The summed E-state index contributed by atoms with van der Waals surface area (Å²) in [5.74, 6) is 3.36. The molecule has 0 spiro atoms. The van der Waals surface area contributed by atoms with Crippen LogP contribution >= 0.6 is 49.9 Å². The number of nitrogen functional groups attached to an aromatic ring is 1. The summed E-state index contributed by atoms with van der Waals surface area (Å²) in [7, 11) is 1.01. The molecule has 0 atom stereocenters. The minimum Gasteiger partial charge on any atom is -0.497 e. The van der Waals surface area contributed by atoms with Crippen LogP contribution in [0.5, 0.6) is 17.2 Å². The standard InChI is InChI=1S/C18H19N4O2P.C10H8ClN3O.C8H12NP.C7H9BO3.C3HCl2N3.CH4.H2O/c1-24-16-7-5-4-6-15(16)17-19-12-20-18(22-17)21-13-8-10-14(11-9-13)25(2,3)23;1-15-8-5-3-2-4-7(8)9-12-6-13-10(11)14-9;1-10(2)8-5-3-7(9)4-6-8;1-11-7-5-3-2-4-6(7)8(9)10;4-2-6-1-7-3(5)8-2;;/h4-12H,1-3H3,(H,19,20,21,22);2-6H,1H3;3-6H,9H2,1-2H3;2-5,9-10H,1H3;1H;1H4;1H2. The zero-order chi connectivity index (χ0) is 50.3. The van der Waals surface area contributed by atoms with Crippen molar-refractivity contribution < 1.29 is 34.3 Å². The number of nitrogens with one attached hydrogen (secondary N) is 1. The predicted octanol–water partition coefficient (Wildman–Crippen LogP) is 7.74.